The fourth-order valence-corrected chi connectivity index (χ4v) is 3.66. The van der Waals surface area contributed by atoms with Crippen LogP contribution in [0.2, 0.25) is 0 Å². The molecule has 124 valence electrons. The second kappa shape index (κ2) is 7.78. The van der Waals surface area contributed by atoms with E-state index < -0.39 is 0 Å². The van der Waals surface area contributed by atoms with E-state index in [2.05, 4.69) is 66.9 Å². The van der Waals surface area contributed by atoms with Gasteiger partial charge in [0.15, 0.2) is 0 Å². The van der Waals surface area contributed by atoms with E-state index in [0.29, 0.717) is 12.1 Å². The quantitative estimate of drug-likeness (QED) is 0.824. The Bertz CT molecular complexity index is 582. The Labute approximate surface area is 140 Å². The van der Waals surface area contributed by atoms with E-state index >= 15 is 0 Å². The average molecular weight is 311 g/mol. The van der Waals surface area contributed by atoms with Crippen LogP contribution in [0.4, 0.5) is 0 Å². The van der Waals surface area contributed by atoms with E-state index in [-0.39, 0.29) is 0 Å². The summed E-state index contributed by atoms with van der Waals surface area (Å²) in [6, 6.07) is 13.9. The first-order valence-electron chi connectivity index (χ1n) is 9.06. The molecule has 1 saturated carbocycles. The normalized spacial score (nSPS) is 17.5. The summed E-state index contributed by atoms with van der Waals surface area (Å²) in [7, 11) is 0. The molecule has 1 aliphatic rings. The van der Waals surface area contributed by atoms with Gasteiger partial charge in [-0.05, 0) is 44.2 Å². The average Bonchev–Trinajstić information content (AvgIpc) is 3.06. The molecule has 3 heteroatoms. The van der Waals surface area contributed by atoms with Crippen LogP contribution in [-0.2, 0) is 6.54 Å². The molecule has 3 rings (SSSR count). The molecule has 1 heterocycles. The highest BCUT2D eigenvalue weighted by Crippen LogP contribution is 2.34. The lowest BCUT2D eigenvalue weighted by Gasteiger charge is -2.31. The minimum atomic E-state index is 0.423. The number of hydrogen-bond donors (Lipinski definition) is 1. The monoisotopic (exact) mass is 311 g/mol. The molecule has 1 fully saturated rings. The number of nitrogens with zero attached hydrogens (tertiary/aromatic N) is 2. The third-order valence-electron chi connectivity index (χ3n) is 4.98. The molecule has 1 atom stereocenters. The first-order chi connectivity index (χ1) is 11.2. The van der Waals surface area contributed by atoms with E-state index in [1.165, 1.54) is 37.7 Å². The molecule has 1 unspecified atom stereocenters. The number of rotatable bonds is 6. The third kappa shape index (κ3) is 4.23. The standard InChI is InChI=1S/C20H29N3/c1-16(2)23-14-13-19(22-23)15-21-20(17-9-5-3-6-10-17)18-11-7-4-8-12-18/h3,5-6,9-10,13-14,16,18,20-21H,4,7-8,11-12,15H2,1-2H3. The molecule has 0 aliphatic heterocycles. The van der Waals surface area contributed by atoms with Gasteiger partial charge in [0.2, 0.25) is 0 Å². The Morgan fingerprint density at radius 2 is 1.83 bits per heavy atom. The van der Waals surface area contributed by atoms with Crippen LogP contribution >= 0.6 is 0 Å². The van der Waals surface area contributed by atoms with Crippen molar-refractivity contribution in [2.24, 2.45) is 5.92 Å². The van der Waals surface area contributed by atoms with E-state index in [1.54, 1.807) is 0 Å². The fourth-order valence-electron chi connectivity index (χ4n) is 3.66. The van der Waals surface area contributed by atoms with E-state index in [4.69, 9.17) is 0 Å². The van der Waals surface area contributed by atoms with Gasteiger partial charge in [0, 0.05) is 24.8 Å². The van der Waals surface area contributed by atoms with Crippen molar-refractivity contribution in [3.63, 3.8) is 0 Å². The zero-order valence-corrected chi connectivity index (χ0v) is 14.4. The van der Waals surface area contributed by atoms with E-state index in [9.17, 15) is 0 Å². The van der Waals surface area contributed by atoms with Crippen molar-refractivity contribution in [3.8, 4) is 0 Å². The third-order valence-corrected chi connectivity index (χ3v) is 4.98. The fraction of sp³-hybridized carbons (Fsp3) is 0.550. The predicted octanol–water partition coefficient (Wildman–Crippen LogP) is 4.88. The highest BCUT2D eigenvalue weighted by Gasteiger charge is 2.24. The van der Waals surface area contributed by atoms with Crippen LogP contribution < -0.4 is 5.32 Å². The summed E-state index contributed by atoms with van der Waals surface area (Å²) in [5.41, 5.74) is 2.55. The van der Waals surface area contributed by atoms with Gasteiger partial charge < -0.3 is 5.32 Å². The minimum Gasteiger partial charge on any atom is -0.304 e. The van der Waals surface area contributed by atoms with Crippen LogP contribution in [0.3, 0.4) is 0 Å². The summed E-state index contributed by atoms with van der Waals surface area (Å²) < 4.78 is 2.04. The van der Waals surface area contributed by atoms with Crippen molar-refractivity contribution < 1.29 is 0 Å². The molecule has 0 radical (unpaired) electrons. The van der Waals surface area contributed by atoms with Crippen LogP contribution in [0.15, 0.2) is 42.6 Å². The summed E-state index contributed by atoms with van der Waals surface area (Å²) in [4.78, 5) is 0. The van der Waals surface area contributed by atoms with Crippen molar-refractivity contribution in [1.82, 2.24) is 15.1 Å². The smallest absolute Gasteiger partial charge is 0.0762 e. The Hall–Kier alpha value is -1.61. The lowest BCUT2D eigenvalue weighted by Crippen LogP contribution is -2.29. The maximum absolute atomic E-state index is 4.67. The molecule has 23 heavy (non-hydrogen) atoms. The Kier molecular flexibility index (Phi) is 5.50. The van der Waals surface area contributed by atoms with Crippen LogP contribution in [0.25, 0.3) is 0 Å². The molecular formula is C20H29N3. The van der Waals surface area contributed by atoms with E-state index in [1.807, 2.05) is 4.68 Å². The first kappa shape index (κ1) is 16.3. The van der Waals surface area contributed by atoms with Crippen LogP contribution in [-0.4, -0.2) is 9.78 Å². The van der Waals surface area contributed by atoms with Gasteiger partial charge in [-0.1, -0.05) is 49.6 Å². The van der Waals surface area contributed by atoms with Gasteiger partial charge in [-0.3, -0.25) is 4.68 Å². The zero-order chi connectivity index (χ0) is 16.1. The lowest BCUT2D eigenvalue weighted by molar-refractivity contribution is 0.269. The highest BCUT2D eigenvalue weighted by molar-refractivity contribution is 5.20. The Morgan fingerprint density at radius 3 is 2.48 bits per heavy atom. The largest absolute Gasteiger partial charge is 0.304 e. The summed E-state index contributed by atoms with van der Waals surface area (Å²) in [5.74, 6) is 0.748. The van der Waals surface area contributed by atoms with E-state index in [0.717, 1.165) is 18.2 Å². The topological polar surface area (TPSA) is 29.9 Å². The Morgan fingerprint density at radius 1 is 1.09 bits per heavy atom. The predicted molar refractivity (Wildman–Crippen MR) is 95.2 cm³/mol. The van der Waals surface area contributed by atoms with Gasteiger partial charge >= 0.3 is 0 Å². The zero-order valence-electron chi connectivity index (χ0n) is 14.4. The van der Waals surface area contributed by atoms with Crippen molar-refractivity contribution in [2.45, 2.75) is 64.6 Å². The van der Waals surface area contributed by atoms with Crippen molar-refractivity contribution in [2.75, 3.05) is 0 Å². The Balaban J connectivity index is 1.70. The summed E-state index contributed by atoms with van der Waals surface area (Å²) in [6.07, 6.45) is 8.91. The maximum Gasteiger partial charge on any atom is 0.0762 e. The molecule has 0 saturated heterocycles. The number of nitrogens with one attached hydrogen (secondary N) is 1. The molecule has 1 aromatic heterocycles. The van der Waals surface area contributed by atoms with Crippen LogP contribution in [0.5, 0.6) is 0 Å². The summed E-state index contributed by atoms with van der Waals surface area (Å²) in [5, 5.41) is 8.47. The van der Waals surface area contributed by atoms with Crippen LogP contribution in [0.1, 0.15) is 69.3 Å². The number of hydrogen-bond acceptors (Lipinski definition) is 2. The van der Waals surface area contributed by atoms with Gasteiger partial charge in [-0.2, -0.15) is 5.10 Å². The van der Waals surface area contributed by atoms with Gasteiger partial charge in [0.25, 0.3) is 0 Å². The summed E-state index contributed by atoms with van der Waals surface area (Å²) >= 11 is 0. The molecular weight excluding hydrogens is 282 g/mol. The molecule has 0 amide bonds. The molecule has 3 nitrogen and oxygen atoms in total. The molecule has 1 N–H and O–H groups in total. The molecule has 1 aliphatic carbocycles. The van der Waals surface area contributed by atoms with Gasteiger partial charge in [0.05, 0.1) is 5.69 Å². The maximum atomic E-state index is 4.67. The van der Waals surface area contributed by atoms with Crippen molar-refractivity contribution >= 4 is 0 Å². The number of aromatic nitrogens is 2. The molecule has 0 bridgehead atoms. The second-order valence-corrected chi connectivity index (χ2v) is 7.05. The van der Waals surface area contributed by atoms with Gasteiger partial charge in [0.1, 0.15) is 0 Å². The van der Waals surface area contributed by atoms with Gasteiger partial charge in [-0.15, -0.1) is 0 Å². The first-order valence-corrected chi connectivity index (χ1v) is 9.06. The van der Waals surface area contributed by atoms with Crippen molar-refractivity contribution in [1.29, 1.82) is 0 Å². The lowest BCUT2D eigenvalue weighted by atomic mass is 9.81. The SMILES string of the molecule is CC(C)n1ccc(CNC(c2ccccc2)C2CCCCC2)n1. The van der Waals surface area contributed by atoms with Crippen molar-refractivity contribution in [3.05, 3.63) is 53.9 Å². The van der Waals surface area contributed by atoms with Crippen LogP contribution in [0, 0.1) is 5.92 Å². The molecule has 1 aromatic carbocycles. The second-order valence-electron chi connectivity index (χ2n) is 7.05. The molecule has 0 spiro atoms. The minimum absolute atomic E-state index is 0.423. The highest BCUT2D eigenvalue weighted by atomic mass is 15.3. The number of benzene rings is 1. The molecule has 2 aromatic rings. The summed E-state index contributed by atoms with van der Waals surface area (Å²) in [6.45, 7) is 5.17. The van der Waals surface area contributed by atoms with Gasteiger partial charge in [-0.25, -0.2) is 0 Å².